The van der Waals surface area contributed by atoms with Crippen LogP contribution in [0.15, 0.2) is 41.3 Å². The van der Waals surface area contributed by atoms with Crippen molar-refractivity contribution in [1.82, 2.24) is 9.47 Å². The second kappa shape index (κ2) is 11.3. The Morgan fingerprint density at radius 1 is 1.12 bits per heavy atom. The zero-order valence-corrected chi connectivity index (χ0v) is 22.6. The molecule has 218 valence electrons. The summed E-state index contributed by atoms with van der Waals surface area (Å²) in [7, 11) is 0. The van der Waals surface area contributed by atoms with Crippen molar-refractivity contribution in [3.63, 3.8) is 0 Å². The van der Waals surface area contributed by atoms with Crippen molar-refractivity contribution in [2.24, 2.45) is 11.3 Å². The number of amides is 1. The predicted octanol–water partition coefficient (Wildman–Crippen LogP) is 4.94. The molecule has 2 fully saturated rings. The van der Waals surface area contributed by atoms with Gasteiger partial charge in [-0.25, -0.2) is 9.18 Å². The van der Waals surface area contributed by atoms with E-state index in [0.29, 0.717) is 12.8 Å². The molecule has 1 N–H and O–H groups in total. The molecule has 2 aromatic rings. The Bertz CT molecular complexity index is 1320. The van der Waals surface area contributed by atoms with Crippen molar-refractivity contribution in [3.8, 4) is 11.1 Å². The van der Waals surface area contributed by atoms with E-state index >= 15 is 0 Å². The lowest BCUT2D eigenvalue weighted by Crippen LogP contribution is -2.62. The zero-order valence-electron chi connectivity index (χ0n) is 22.6. The van der Waals surface area contributed by atoms with Crippen molar-refractivity contribution in [3.05, 3.63) is 58.3 Å². The van der Waals surface area contributed by atoms with Gasteiger partial charge in [0.05, 0.1) is 30.7 Å². The van der Waals surface area contributed by atoms with E-state index in [4.69, 9.17) is 4.74 Å². The number of benzene rings is 1. The van der Waals surface area contributed by atoms with Gasteiger partial charge in [-0.1, -0.05) is 38.0 Å². The molecule has 0 radical (unpaired) electrons. The molecule has 1 saturated heterocycles. The highest BCUT2D eigenvalue weighted by molar-refractivity contribution is 5.97. The van der Waals surface area contributed by atoms with Gasteiger partial charge in [-0.15, -0.1) is 0 Å². The summed E-state index contributed by atoms with van der Waals surface area (Å²) >= 11 is 0. The van der Waals surface area contributed by atoms with Crippen LogP contribution in [0.1, 0.15) is 62.7 Å². The Labute approximate surface area is 229 Å². The molecule has 4 rings (SSSR count). The summed E-state index contributed by atoms with van der Waals surface area (Å²) in [5, 5.41) is 12.0. The number of aliphatic hydroxyl groups is 1. The van der Waals surface area contributed by atoms with Gasteiger partial charge in [0, 0.05) is 47.8 Å². The van der Waals surface area contributed by atoms with E-state index in [1.54, 1.807) is 13.0 Å². The molecule has 2 atom stereocenters. The third-order valence-corrected chi connectivity index (χ3v) is 8.32. The maximum atomic E-state index is 14.6. The first kappa shape index (κ1) is 29.8. The highest BCUT2D eigenvalue weighted by Gasteiger charge is 2.56. The van der Waals surface area contributed by atoms with Crippen molar-refractivity contribution < 1.29 is 37.0 Å². The summed E-state index contributed by atoms with van der Waals surface area (Å²) in [5.41, 5.74) is -2.77. The zero-order chi connectivity index (χ0) is 29.3. The molecule has 1 spiro atoms. The van der Waals surface area contributed by atoms with Crippen LogP contribution in [0.4, 0.5) is 17.6 Å². The number of ether oxygens (including phenoxy) is 1. The van der Waals surface area contributed by atoms with Gasteiger partial charge in [-0.05, 0) is 32.3 Å². The van der Waals surface area contributed by atoms with Gasteiger partial charge in [0.2, 0.25) is 5.91 Å². The van der Waals surface area contributed by atoms with Crippen LogP contribution in [0.3, 0.4) is 0 Å². The first-order valence-corrected chi connectivity index (χ1v) is 13.5. The number of likely N-dealkylation sites (tertiary alicyclic amines) is 1. The molecular formula is C29H34F4N2O5. The summed E-state index contributed by atoms with van der Waals surface area (Å²) < 4.78 is 59.8. The number of halogens is 4. The summed E-state index contributed by atoms with van der Waals surface area (Å²) in [4.78, 5) is 40.5. The minimum absolute atomic E-state index is 0.0338. The average Bonchev–Trinajstić information content (AvgIpc) is 3.36. The van der Waals surface area contributed by atoms with Crippen LogP contribution in [-0.4, -0.2) is 57.9 Å². The number of aromatic nitrogens is 1. The van der Waals surface area contributed by atoms with E-state index in [1.165, 1.54) is 40.8 Å². The third kappa shape index (κ3) is 5.94. The van der Waals surface area contributed by atoms with Gasteiger partial charge in [0.1, 0.15) is 5.82 Å². The van der Waals surface area contributed by atoms with E-state index in [0.717, 1.165) is 18.9 Å². The standard InChI is InChI=1S/C29H34F4N2O5/c1-3-40-26(38)22-16-35(24(36)14-21(22)20-8-4-5-9-23(20)30)18-28(39)12-13-34(17-27(28)10-6-7-11-27)25(37)19(2)15-29(31,32)33/h4-5,8-9,14,16,19,39H,3,6-7,10-13,15,17-18H2,1-2H3/t19?,28-/m1/s1. The largest absolute Gasteiger partial charge is 0.462 e. The minimum Gasteiger partial charge on any atom is -0.462 e. The number of rotatable bonds is 7. The molecule has 11 heteroatoms. The maximum absolute atomic E-state index is 14.6. The second-order valence-electron chi connectivity index (χ2n) is 11.0. The molecule has 2 aliphatic rings. The Morgan fingerprint density at radius 2 is 1.80 bits per heavy atom. The van der Waals surface area contributed by atoms with Crippen LogP contribution >= 0.6 is 0 Å². The lowest BCUT2D eigenvalue weighted by molar-refractivity contribution is -0.172. The van der Waals surface area contributed by atoms with Crippen LogP contribution in [0, 0.1) is 17.2 Å². The Morgan fingerprint density at radius 3 is 2.42 bits per heavy atom. The second-order valence-corrected chi connectivity index (χ2v) is 11.0. The maximum Gasteiger partial charge on any atom is 0.389 e. The summed E-state index contributed by atoms with van der Waals surface area (Å²) in [6.07, 6.45) is -1.78. The molecule has 7 nitrogen and oxygen atoms in total. The molecule has 0 bridgehead atoms. The highest BCUT2D eigenvalue weighted by Crippen LogP contribution is 2.52. The molecule has 1 unspecified atom stereocenters. The third-order valence-electron chi connectivity index (χ3n) is 8.32. The number of hydrogen-bond donors (Lipinski definition) is 1. The number of esters is 1. The Hall–Kier alpha value is -3.21. The molecule has 1 aromatic heterocycles. The first-order valence-electron chi connectivity index (χ1n) is 13.5. The molecule has 1 amide bonds. The molecule has 40 heavy (non-hydrogen) atoms. The van der Waals surface area contributed by atoms with Gasteiger partial charge in [-0.3, -0.25) is 9.59 Å². The normalized spacial score (nSPS) is 21.4. The van der Waals surface area contributed by atoms with Crippen molar-refractivity contribution >= 4 is 11.9 Å². The fourth-order valence-electron chi connectivity index (χ4n) is 6.29. The predicted molar refractivity (Wildman–Crippen MR) is 139 cm³/mol. The van der Waals surface area contributed by atoms with E-state index in [1.807, 2.05) is 0 Å². The number of nitrogens with zero attached hydrogens (tertiary/aromatic N) is 2. The van der Waals surface area contributed by atoms with Gasteiger partial charge in [-0.2, -0.15) is 13.2 Å². The smallest absolute Gasteiger partial charge is 0.389 e. The van der Waals surface area contributed by atoms with Gasteiger partial charge >= 0.3 is 12.1 Å². The summed E-state index contributed by atoms with van der Waals surface area (Å²) in [5.74, 6) is -3.23. The Balaban J connectivity index is 1.68. The van der Waals surface area contributed by atoms with E-state index in [-0.39, 0.29) is 49.4 Å². The number of carbonyl (C=O) groups is 2. The fourth-order valence-corrected chi connectivity index (χ4v) is 6.29. The van der Waals surface area contributed by atoms with E-state index < -0.39 is 52.8 Å². The van der Waals surface area contributed by atoms with Crippen LogP contribution in [0.25, 0.3) is 11.1 Å². The lowest BCUT2D eigenvalue weighted by Gasteiger charge is -2.52. The first-order chi connectivity index (χ1) is 18.8. The topological polar surface area (TPSA) is 88.8 Å². The fraction of sp³-hybridized carbons (Fsp3) is 0.552. The van der Waals surface area contributed by atoms with E-state index in [2.05, 4.69) is 0 Å². The molecule has 1 aromatic carbocycles. The van der Waals surface area contributed by atoms with Gasteiger partial charge < -0.3 is 19.3 Å². The SMILES string of the molecule is CCOC(=O)c1cn(C[C@]2(O)CCN(C(=O)C(C)CC(F)(F)F)CC23CCCC3)c(=O)cc1-c1ccccc1F. The monoisotopic (exact) mass is 566 g/mol. The Kier molecular flexibility index (Phi) is 8.44. The quantitative estimate of drug-likeness (QED) is 0.379. The van der Waals surface area contributed by atoms with Crippen molar-refractivity contribution in [2.45, 2.75) is 70.7 Å². The van der Waals surface area contributed by atoms with Crippen molar-refractivity contribution in [2.75, 3.05) is 19.7 Å². The molecule has 2 heterocycles. The van der Waals surface area contributed by atoms with Gasteiger partial charge in [0.15, 0.2) is 0 Å². The van der Waals surface area contributed by atoms with Crippen molar-refractivity contribution in [1.29, 1.82) is 0 Å². The molecule has 1 aliphatic heterocycles. The summed E-state index contributed by atoms with van der Waals surface area (Å²) in [6.45, 7) is 2.84. The molecule has 1 aliphatic carbocycles. The van der Waals surface area contributed by atoms with Crippen LogP contribution in [0.5, 0.6) is 0 Å². The number of hydrogen-bond acceptors (Lipinski definition) is 5. The molecule has 1 saturated carbocycles. The van der Waals surface area contributed by atoms with Gasteiger partial charge in [0.25, 0.3) is 5.56 Å². The highest BCUT2D eigenvalue weighted by atomic mass is 19.4. The number of alkyl halides is 3. The summed E-state index contributed by atoms with van der Waals surface area (Å²) in [6, 6.07) is 6.88. The number of carbonyl (C=O) groups excluding carboxylic acids is 2. The lowest BCUT2D eigenvalue weighted by atomic mass is 9.65. The van der Waals surface area contributed by atoms with Crippen LogP contribution in [-0.2, 0) is 16.1 Å². The average molecular weight is 567 g/mol. The number of piperidine rings is 1. The van der Waals surface area contributed by atoms with Crippen LogP contribution in [0.2, 0.25) is 0 Å². The minimum atomic E-state index is -4.47. The number of pyridine rings is 1. The molecular weight excluding hydrogens is 532 g/mol. The van der Waals surface area contributed by atoms with Crippen LogP contribution < -0.4 is 5.56 Å². The van der Waals surface area contributed by atoms with E-state index in [9.17, 15) is 37.1 Å².